The molecule has 1 aliphatic rings. The fourth-order valence-electron chi connectivity index (χ4n) is 2.39. The minimum atomic E-state index is -3.80. The van der Waals surface area contributed by atoms with Gasteiger partial charge in [-0.05, 0) is 39.0 Å². The molecule has 0 fully saturated rings. The van der Waals surface area contributed by atoms with E-state index in [1.165, 1.54) is 6.07 Å². The van der Waals surface area contributed by atoms with Gasteiger partial charge in [-0.2, -0.15) is 4.31 Å². The summed E-state index contributed by atoms with van der Waals surface area (Å²) in [4.78, 5) is 14.4. The lowest BCUT2D eigenvalue weighted by Crippen LogP contribution is -2.38. The maximum Gasteiger partial charge on any atom is 0.274 e. The summed E-state index contributed by atoms with van der Waals surface area (Å²) in [6, 6.07) is 6.31. The van der Waals surface area contributed by atoms with Crippen molar-refractivity contribution in [3.8, 4) is 0 Å². The second kappa shape index (κ2) is 5.28. The highest BCUT2D eigenvalue weighted by molar-refractivity contribution is 7.90. The van der Waals surface area contributed by atoms with E-state index in [0.717, 1.165) is 4.31 Å². The Kier molecular flexibility index (Phi) is 3.85. The topological polar surface area (TPSA) is 57.7 Å². The second-order valence-electron chi connectivity index (χ2n) is 4.39. The maximum absolute atomic E-state index is 12.6. The van der Waals surface area contributed by atoms with Gasteiger partial charge >= 0.3 is 0 Å². The molecule has 0 atom stereocenters. The molecule has 0 bridgehead atoms. The molecule has 0 saturated heterocycles. The van der Waals surface area contributed by atoms with Crippen molar-refractivity contribution < 1.29 is 13.2 Å². The van der Waals surface area contributed by atoms with Crippen molar-refractivity contribution in [3.63, 3.8) is 0 Å². The van der Waals surface area contributed by atoms with Crippen LogP contribution in [0.5, 0.6) is 0 Å². The van der Waals surface area contributed by atoms with E-state index in [0.29, 0.717) is 18.9 Å². The molecule has 1 heterocycles. The van der Waals surface area contributed by atoms with Crippen molar-refractivity contribution in [3.05, 3.63) is 41.7 Å². The number of amides is 1. The Morgan fingerprint density at radius 1 is 1.25 bits per heavy atom. The molecule has 1 amide bonds. The molecule has 1 aromatic carbocycles. The lowest BCUT2D eigenvalue weighted by Gasteiger charge is -2.29. The van der Waals surface area contributed by atoms with Gasteiger partial charge in [0.1, 0.15) is 10.7 Å². The van der Waals surface area contributed by atoms with E-state index in [9.17, 15) is 13.2 Å². The second-order valence-corrected chi connectivity index (χ2v) is 6.15. The van der Waals surface area contributed by atoms with Gasteiger partial charge in [0.05, 0.1) is 5.56 Å². The smallest absolute Gasteiger partial charge is 0.274 e. The summed E-state index contributed by atoms with van der Waals surface area (Å²) in [5.74, 6) is -0.0724. The Bertz CT molecular complexity index is 661. The number of allylic oxidation sites excluding steroid dienone is 1. The van der Waals surface area contributed by atoms with Crippen molar-refractivity contribution in [1.29, 1.82) is 0 Å². The minimum Gasteiger partial charge on any atom is -0.358 e. The minimum absolute atomic E-state index is 0.0801. The quantitative estimate of drug-likeness (QED) is 0.852. The Balaban J connectivity index is 2.58. The zero-order chi connectivity index (χ0) is 14.9. The van der Waals surface area contributed by atoms with E-state index in [-0.39, 0.29) is 10.5 Å². The zero-order valence-electron chi connectivity index (χ0n) is 11.8. The number of carbonyl (C=O) groups is 1. The summed E-state index contributed by atoms with van der Waals surface area (Å²) in [6.45, 7) is 6.84. The van der Waals surface area contributed by atoms with Gasteiger partial charge in [-0.25, -0.2) is 8.42 Å². The fraction of sp³-hybridized carbons (Fsp3) is 0.357. The van der Waals surface area contributed by atoms with E-state index in [1.54, 1.807) is 31.2 Å². The highest BCUT2D eigenvalue weighted by Gasteiger charge is 2.43. The van der Waals surface area contributed by atoms with Crippen molar-refractivity contribution in [1.82, 2.24) is 9.21 Å². The van der Waals surface area contributed by atoms with Crippen molar-refractivity contribution >= 4 is 15.9 Å². The molecule has 0 saturated carbocycles. The van der Waals surface area contributed by atoms with Gasteiger partial charge in [0.25, 0.3) is 15.9 Å². The molecule has 0 N–H and O–H groups in total. The number of hydrogen-bond donors (Lipinski definition) is 0. The Labute approximate surface area is 119 Å². The summed E-state index contributed by atoms with van der Waals surface area (Å²) in [5, 5.41) is 0. The molecular weight excluding hydrogens is 276 g/mol. The molecular formula is C14H18N2O3S. The van der Waals surface area contributed by atoms with Crippen LogP contribution in [0.3, 0.4) is 0 Å². The first-order valence-corrected chi connectivity index (χ1v) is 8.03. The largest absolute Gasteiger partial charge is 0.358 e. The molecule has 0 aliphatic carbocycles. The van der Waals surface area contributed by atoms with Crippen LogP contribution in [0.1, 0.15) is 31.1 Å². The molecule has 1 aromatic rings. The predicted molar refractivity (Wildman–Crippen MR) is 76.5 cm³/mol. The van der Waals surface area contributed by atoms with Gasteiger partial charge in [0.15, 0.2) is 0 Å². The molecule has 0 radical (unpaired) electrons. The summed E-state index contributed by atoms with van der Waals surface area (Å²) >= 11 is 0. The predicted octanol–water partition coefficient (Wildman–Crippen LogP) is 2.03. The molecule has 20 heavy (non-hydrogen) atoms. The summed E-state index contributed by atoms with van der Waals surface area (Å²) in [5.41, 5.74) is 0.235. The SMILES string of the molecule is C/C=C(\N(CC)CC)N1C(=O)c2ccccc2S1(=O)=O. The Morgan fingerprint density at radius 2 is 1.85 bits per heavy atom. The van der Waals surface area contributed by atoms with Crippen molar-refractivity contribution in [2.24, 2.45) is 0 Å². The number of fused-ring (bicyclic) bond motifs is 1. The van der Waals surface area contributed by atoms with Gasteiger partial charge in [0, 0.05) is 13.1 Å². The third-order valence-corrected chi connectivity index (χ3v) is 5.12. The van der Waals surface area contributed by atoms with Crippen LogP contribution in [-0.2, 0) is 10.0 Å². The monoisotopic (exact) mass is 294 g/mol. The lowest BCUT2D eigenvalue weighted by atomic mass is 10.2. The normalized spacial score (nSPS) is 17.2. The van der Waals surface area contributed by atoms with E-state index in [1.807, 2.05) is 18.7 Å². The molecule has 0 aromatic heterocycles. The molecule has 0 unspecified atom stereocenters. The van der Waals surface area contributed by atoms with E-state index < -0.39 is 15.9 Å². The number of hydrogen-bond acceptors (Lipinski definition) is 4. The molecule has 1 aliphatic heterocycles. The van der Waals surface area contributed by atoms with Crippen LogP contribution >= 0.6 is 0 Å². The van der Waals surface area contributed by atoms with Crippen LogP contribution in [-0.4, -0.2) is 36.6 Å². The van der Waals surface area contributed by atoms with Gasteiger partial charge in [-0.1, -0.05) is 12.1 Å². The number of sulfonamides is 1. The molecule has 5 nitrogen and oxygen atoms in total. The average molecular weight is 294 g/mol. The third-order valence-electron chi connectivity index (χ3n) is 3.37. The molecule has 0 spiro atoms. The highest BCUT2D eigenvalue weighted by atomic mass is 32.2. The standard InChI is InChI=1S/C14H18N2O3S/c1-4-13(15(5-2)6-3)16-14(17)11-9-7-8-10-12(11)20(16,18)19/h4,7-10H,5-6H2,1-3H3/b13-4+. The molecule has 108 valence electrons. The van der Waals surface area contributed by atoms with Gasteiger partial charge < -0.3 is 4.90 Å². The van der Waals surface area contributed by atoms with E-state index >= 15 is 0 Å². The van der Waals surface area contributed by atoms with Crippen LogP contribution in [0.4, 0.5) is 0 Å². The fourth-order valence-corrected chi connectivity index (χ4v) is 4.05. The third kappa shape index (κ3) is 2.00. The number of rotatable bonds is 4. The van der Waals surface area contributed by atoms with Crippen molar-refractivity contribution in [2.75, 3.05) is 13.1 Å². The Morgan fingerprint density at radius 3 is 2.35 bits per heavy atom. The van der Waals surface area contributed by atoms with E-state index in [4.69, 9.17) is 0 Å². The first-order valence-electron chi connectivity index (χ1n) is 6.59. The maximum atomic E-state index is 12.6. The van der Waals surface area contributed by atoms with Crippen molar-refractivity contribution in [2.45, 2.75) is 25.7 Å². The zero-order valence-corrected chi connectivity index (χ0v) is 12.6. The first kappa shape index (κ1) is 14.6. The summed E-state index contributed by atoms with van der Waals surface area (Å²) in [7, 11) is -3.80. The Hall–Kier alpha value is -1.82. The number of benzene rings is 1. The van der Waals surface area contributed by atoms with Gasteiger partial charge in [-0.15, -0.1) is 0 Å². The number of carbonyl (C=O) groups excluding carboxylic acids is 1. The summed E-state index contributed by atoms with van der Waals surface area (Å²) < 4.78 is 26.0. The van der Waals surface area contributed by atoms with Crippen LogP contribution in [0.25, 0.3) is 0 Å². The van der Waals surface area contributed by atoms with Gasteiger partial charge in [-0.3, -0.25) is 4.79 Å². The van der Waals surface area contributed by atoms with Gasteiger partial charge in [0.2, 0.25) is 0 Å². The highest BCUT2D eigenvalue weighted by Crippen LogP contribution is 2.33. The van der Waals surface area contributed by atoms with Crippen LogP contribution in [0.15, 0.2) is 41.1 Å². The average Bonchev–Trinajstić information content (AvgIpc) is 2.65. The summed E-state index contributed by atoms with van der Waals surface area (Å²) in [6.07, 6.45) is 1.66. The first-order chi connectivity index (χ1) is 9.48. The number of nitrogens with zero attached hydrogens (tertiary/aromatic N) is 2. The molecule has 6 heteroatoms. The lowest BCUT2D eigenvalue weighted by molar-refractivity contribution is 0.0868. The van der Waals surface area contributed by atoms with Crippen LogP contribution < -0.4 is 0 Å². The van der Waals surface area contributed by atoms with Crippen LogP contribution in [0.2, 0.25) is 0 Å². The molecule has 2 rings (SSSR count). The van der Waals surface area contributed by atoms with E-state index in [2.05, 4.69) is 0 Å². The van der Waals surface area contributed by atoms with Crippen LogP contribution in [0, 0.1) is 0 Å².